The van der Waals surface area contributed by atoms with Crippen molar-refractivity contribution < 1.29 is 13.6 Å². The summed E-state index contributed by atoms with van der Waals surface area (Å²) in [5, 5.41) is 9.61. The molecule has 0 unspecified atom stereocenters. The Kier molecular flexibility index (Phi) is 3.18. The lowest BCUT2D eigenvalue weighted by Gasteiger charge is -2.28. The van der Waals surface area contributed by atoms with E-state index >= 15 is 0 Å². The topological polar surface area (TPSA) is 57.6 Å². The molecule has 0 saturated heterocycles. The number of hydroxylamine groups is 1. The van der Waals surface area contributed by atoms with Crippen LogP contribution in [0.1, 0.15) is 20.8 Å². The minimum Gasteiger partial charge on any atom is -0.299 e. The third-order valence-electron chi connectivity index (χ3n) is 1.84. The molecular formula is C10H15NO3S. The van der Waals surface area contributed by atoms with Crippen LogP contribution in [0.15, 0.2) is 35.2 Å². The van der Waals surface area contributed by atoms with Crippen molar-refractivity contribution in [1.29, 1.82) is 0 Å². The average Bonchev–Trinajstić information content (AvgIpc) is 2.16. The number of sulfonamides is 1. The fourth-order valence-corrected chi connectivity index (χ4v) is 2.47. The Morgan fingerprint density at radius 3 is 2.00 bits per heavy atom. The molecule has 0 atom stereocenters. The van der Waals surface area contributed by atoms with Gasteiger partial charge in [-0.25, -0.2) is 8.42 Å². The molecule has 15 heavy (non-hydrogen) atoms. The Morgan fingerprint density at radius 1 is 1.13 bits per heavy atom. The molecule has 0 aliphatic heterocycles. The average molecular weight is 229 g/mol. The van der Waals surface area contributed by atoms with Gasteiger partial charge in [-0.2, -0.15) is 0 Å². The SMILES string of the molecule is CC(C)(C)N(O)S(=O)(=O)c1ccccc1. The quantitative estimate of drug-likeness (QED) is 0.787. The van der Waals surface area contributed by atoms with Gasteiger partial charge >= 0.3 is 0 Å². The molecular weight excluding hydrogens is 214 g/mol. The molecule has 0 saturated carbocycles. The fraction of sp³-hybridized carbons (Fsp3) is 0.400. The standard InChI is InChI=1S/C10H15NO3S/c1-10(2,3)11(12)15(13,14)9-7-5-4-6-8-9/h4-8,12H,1-3H3. The van der Waals surface area contributed by atoms with Crippen LogP contribution < -0.4 is 0 Å². The first-order valence-electron chi connectivity index (χ1n) is 4.55. The second-order valence-electron chi connectivity index (χ2n) is 4.23. The van der Waals surface area contributed by atoms with E-state index in [-0.39, 0.29) is 4.90 Å². The van der Waals surface area contributed by atoms with Crippen LogP contribution in [0.25, 0.3) is 0 Å². The van der Waals surface area contributed by atoms with Crippen LogP contribution >= 0.6 is 0 Å². The zero-order chi connectivity index (χ0) is 11.7. The molecule has 0 aliphatic rings. The number of hydrogen-bond acceptors (Lipinski definition) is 3. The van der Waals surface area contributed by atoms with Crippen LogP contribution in [-0.2, 0) is 10.0 Å². The van der Waals surface area contributed by atoms with Gasteiger partial charge < -0.3 is 0 Å². The summed E-state index contributed by atoms with van der Waals surface area (Å²) in [6.45, 7) is 4.86. The van der Waals surface area contributed by atoms with Gasteiger partial charge in [-0.3, -0.25) is 5.21 Å². The summed E-state index contributed by atoms with van der Waals surface area (Å²) in [6.07, 6.45) is 0. The first kappa shape index (κ1) is 12.2. The second-order valence-corrected chi connectivity index (χ2v) is 6.00. The molecule has 0 fully saturated rings. The minimum atomic E-state index is -3.81. The number of nitrogens with zero attached hydrogens (tertiary/aromatic N) is 1. The Labute approximate surface area is 90.2 Å². The molecule has 0 bridgehead atoms. The molecule has 1 aromatic carbocycles. The van der Waals surface area contributed by atoms with Crippen LogP contribution in [0.5, 0.6) is 0 Å². The lowest BCUT2D eigenvalue weighted by Crippen LogP contribution is -2.42. The highest BCUT2D eigenvalue weighted by atomic mass is 32.2. The van der Waals surface area contributed by atoms with Gasteiger partial charge in [0, 0.05) is 0 Å². The third kappa shape index (κ3) is 2.56. The first-order chi connectivity index (χ1) is 6.76. The predicted molar refractivity (Wildman–Crippen MR) is 57.0 cm³/mol. The Bertz CT molecular complexity index is 420. The summed E-state index contributed by atoms with van der Waals surface area (Å²) in [4.78, 5) is 0.0856. The van der Waals surface area contributed by atoms with Gasteiger partial charge in [-0.1, -0.05) is 22.7 Å². The highest BCUT2D eigenvalue weighted by molar-refractivity contribution is 7.89. The van der Waals surface area contributed by atoms with Crippen molar-refractivity contribution in [2.75, 3.05) is 0 Å². The summed E-state index contributed by atoms with van der Waals surface area (Å²) in [5.41, 5.74) is -0.853. The largest absolute Gasteiger partial charge is 0.299 e. The molecule has 4 nitrogen and oxygen atoms in total. The zero-order valence-corrected chi connectivity index (χ0v) is 9.82. The summed E-state index contributed by atoms with van der Waals surface area (Å²) < 4.78 is 24.1. The minimum absolute atomic E-state index is 0.0856. The van der Waals surface area contributed by atoms with Gasteiger partial charge in [0.05, 0.1) is 10.4 Å². The summed E-state index contributed by atoms with van der Waals surface area (Å²) in [6, 6.07) is 7.85. The van der Waals surface area contributed by atoms with Crippen molar-refractivity contribution in [3.05, 3.63) is 30.3 Å². The van der Waals surface area contributed by atoms with Crippen LogP contribution in [0.2, 0.25) is 0 Å². The van der Waals surface area contributed by atoms with Crippen molar-refractivity contribution in [2.24, 2.45) is 0 Å². The maximum Gasteiger partial charge on any atom is 0.265 e. The lowest BCUT2D eigenvalue weighted by molar-refractivity contribution is -0.0669. The van der Waals surface area contributed by atoms with E-state index in [1.807, 2.05) is 0 Å². The fourth-order valence-electron chi connectivity index (χ4n) is 1.05. The number of hydrogen-bond donors (Lipinski definition) is 1. The first-order valence-corrected chi connectivity index (χ1v) is 5.99. The van der Waals surface area contributed by atoms with Crippen molar-refractivity contribution in [3.8, 4) is 0 Å². The molecule has 0 spiro atoms. The highest BCUT2D eigenvalue weighted by Crippen LogP contribution is 2.21. The van der Waals surface area contributed by atoms with Crippen LogP contribution in [0.4, 0.5) is 0 Å². The van der Waals surface area contributed by atoms with Gasteiger partial charge in [0.25, 0.3) is 10.0 Å². The molecule has 1 aromatic rings. The lowest BCUT2D eigenvalue weighted by atomic mass is 10.1. The Balaban J connectivity index is 3.16. The Hall–Kier alpha value is -0.910. The number of rotatable bonds is 2. The van der Waals surface area contributed by atoms with Gasteiger partial charge in [0.2, 0.25) is 0 Å². The predicted octanol–water partition coefficient (Wildman–Crippen LogP) is 1.86. The Morgan fingerprint density at radius 2 is 1.60 bits per heavy atom. The van der Waals surface area contributed by atoms with E-state index < -0.39 is 15.6 Å². The molecule has 0 aliphatic carbocycles. The number of benzene rings is 1. The van der Waals surface area contributed by atoms with E-state index in [9.17, 15) is 13.6 Å². The normalized spacial score (nSPS) is 13.1. The second kappa shape index (κ2) is 3.92. The van der Waals surface area contributed by atoms with E-state index in [0.717, 1.165) is 0 Å². The van der Waals surface area contributed by atoms with E-state index in [4.69, 9.17) is 0 Å². The maximum absolute atomic E-state index is 11.9. The maximum atomic E-state index is 11.9. The molecule has 0 amide bonds. The molecule has 5 heteroatoms. The summed E-state index contributed by atoms with van der Waals surface area (Å²) in [5.74, 6) is 0. The van der Waals surface area contributed by atoms with Gasteiger partial charge in [0.15, 0.2) is 0 Å². The van der Waals surface area contributed by atoms with Crippen molar-refractivity contribution in [1.82, 2.24) is 4.47 Å². The van der Waals surface area contributed by atoms with E-state index in [1.54, 1.807) is 39.0 Å². The third-order valence-corrected chi connectivity index (χ3v) is 3.71. The molecule has 0 aromatic heterocycles. The van der Waals surface area contributed by atoms with Crippen LogP contribution in [0.3, 0.4) is 0 Å². The van der Waals surface area contributed by atoms with Gasteiger partial charge in [0.1, 0.15) is 0 Å². The molecule has 84 valence electrons. The summed E-state index contributed by atoms with van der Waals surface area (Å²) >= 11 is 0. The smallest absolute Gasteiger partial charge is 0.265 e. The molecule has 0 heterocycles. The van der Waals surface area contributed by atoms with Crippen LogP contribution in [-0.4, -0.2) is 23.6 Å². The van der Waals surface area contributed by atoms with Gasteiger partial charge in [-0.05, 0) is 32.9 Å². The molecule has 1 N–H and O–H groups in total. The van der Waals surface area contributed by atoms with Crippen molar-refractivity contribution in [2.45, 2.75) is 31.2 Å². The van der Waals surface area contributed by atoms with Crippen molar-refractivity contribution in [3.63, 3.8) is 0 Å². The molecule has 1 rings (SSSR count). The monoisotopic (exact) mass is 229 g/mol. The van der Waals surface area contributed by atoms with E-state index in [1.165, 1.54) is 12.1 Å². The zero-order valence-electron chi connectivity index (χ0n) is 9.01. The molecule has 0 radical (unpaired) electrons. The summed E-state index contributed by atoms with van der Waals surface area (Å²) in [7, 11) is -3.81. The van der Waals surface area contributed by atoms with E-state index in [0.29, 0.717) is 4.47 Å². The van der Waals surface area contributed by atoms with E-state index in [2.05, 4.69) is 0 Å². The van der Waals surface area contributed by atoms with Gasteiger partial charge in [-0.15, -0.1) is 0 Å². The van der Waals surface area contributed by atoms with Crippen LogP contribution in [0, 0.1) is 0 Å². The highest BCUT2D eigenvalue weighted by Gasteiger charge is 2.32. The van der Waals surface area contributed by atoms with Crippen molar-refractivity contribution >= 4 is 10.0 Å².